The largest absolute Gasteiger partial charge is 0.248 e. The Morgan fingerprint density at radius 1 is 1.33 bits per heavy atom. The highest BCUT2D eigenvalue weighted by atomic mass is 35.5. The van der Waals surface area contributed by atoms with Gasteiger partial charge in [-0.2, -0.15) is 0 Å². The van der Waals surface area contributed by atoms with E-state index in [2.05, 4.69) is 9.71 Å². The molecule has 0 aliphatic carbocycles. The Labute approximate surface area is 115 Å². The first-order valence-electron chi connectivity index (χ1n) is 5.15. The van der Waals surface area contributed by atoms with Gasteiger partial charge in [-0.1, -0.05) is 29.8 Å². The van der Waals surface area contributed by atoms with Gasteiger partial charge in [0.05, 0.1) is 23.5 Å². The molecule has 0 spiro atoms. The Morgan fingerprint density at radius 2 is 2.11 bits per heavy atom. The molecule has 0 aliphatic heterocycles. The van der Waals surface area contributed by atoms with Gasteiger partial charge in [-0.05, 0) is 11.6 Å². The summed E-state index contributed by atoms with van der Waals surface area (Å²) in [6, 6.07) is 6.90. The normalized spacial score (nSPS) is 11.6. The molecule has 1 aromatic carbocycles. The minimum atomic E-state index is -3.40. The molecule has 0 amide bonds. The monoisotopic (exact) mass is 302 g/mol. The molecule has 2 aromatic rings. The smallest absolute Gasteiger partial charge is 0.216 e. The number of sulfonamides is 1. The molecule has 0 bridgehead atoms. The van der Waals surface area contributed by atoms with Crippen molar-refractivity contribution in [2.24, 2.45) is 0 Å². The quantitative estimate of drug-likeness (QED) is 0.923. The highest BCUT2D eigenvalue weighted by molar-refractivity contribution is 7.88. The van der Waals surface area contributed by atoms with Crippen LogP contribution >= 0.6 is 22.9 Å². The van der Waals surface area contributed by atoms with Crippen LogP contribution in [0.2, 0.25) is 5.02 Å². The molecule has 0 aliphatic rings. The lowest BCUT2D eigenvalue weighted by Crippen LogP contribution is -2.24. The summed E-state index contributed by atoms with van der Waals surface area (Å²) in [5.41, 5.74) is 2.96. The maximum Gasteiger partial charge on any atom is 0.216 e. The zero-order valence-electron chi connectivity index (χ0n) is 9.34. The second-order valence-electron chi connectivity index (χ2n) is 3.65. The summed E-state index contributed by atoms with van der Waals surface area (Å²) >= 11 is 7.36. The van der Waals surface area contributed by atoms with Gasteiger partial charge in [0.25, 0.3) is 0 Å². The first kappa shape index (κ1) is 13.5. The minimum absolute atomic E-state index is 0.128. The van der Waals surface area contributed by atoms with Crippen molar-refractivity contribution in [2.45, 2.75) is 12.3 Å². The number of nitrogens with one attached hydrogen (secondary N) is 1. The molecule has 0 atom stereocenters. The molecule has 0 radical (unpaired) electrons. The third-order valence-electron chi connectivity index (χ3n) is 2.26. The van der Waals surface area contributed by atoms with Crippen LogP contribution in [0, 0.1) is 0 Å². The lowest BCUT2D eigenvalue weighted by molar-refractivity contribution is 0.579. The van der Waals surface area contributed by atoms with Crippen LogP contribution in [0.5, 0.6) is 0 Å². The van der Waals surface area contributed by atoms with Crippen molar-refractivity contribution in [1.29, 1.82) is 0 Å². The van der Waals surface area contributed by atoms with Crippen molar-refractivity contribution < 1.29 is 8.42 Å². The van der Waals surface area contributed by atoms with Crippen LogP contribution in [-0.2, 0) is 22.3 Å². The average Bonchev–Trinajstić information content (AvgIpc) is 2.83. The van der Waals surface area contributed by atoms with Crippen LogP contribution in [0.3, 0.4) is 0 Å². The Morgan fingerprint density at radius 3 is 2.78 bits per heavy atom. The fraction of sp³-hybridized carbons (Fsp3) is 0.182. The first-order valence-corrected chi connectivity index (χ1v) is 8.12. The summed E-state index contributed by atoms with van der Waals surface area (Å²) in [6.45, 7) is 0.205. The van der Waals surface area contributed by atoms with Crippen LogP contribution in [0.25, 0.3) is 0 Å². The summed E-state index contributed by atoms with van der Waals surface area (Å²) in [5.74, 6) is -0.128. The fourth-order valence-electron chi connectivity index (χ4n) is 1.38. The zero-order chi connectivity index (χ0) is 13.0. The highest BCUT2D eigenvalue weighted by Crippen LogP contribution is 2.17. The maximum atomic E-state index is 11.9. The molecule has 0 unspecified atom stereocenters. The molecule has 0 saturated carbocycles. The van der Waals surface area contributed by atoms with E-state index in [9.17, 15) is 8.42 Å². The Balaban J connectivity index is 2.02. The Bertz CT molecular complexity index is 612. The predicted octanol–water partition coefficient (Wildman–Crippen LogP) is 2.42. The van der Waals surface area contributed by atoms with E-state index in [0.717, 1.165) is 0 Å². The fourth-order valence-corrected chi connectivity index (χ4v) is 3.35. The molecular formula is C11H11ClN2O2S2. The zero-order valence-corrected chi connectivity index (χ0v) is 11.7. The van der Waals surface area contributed by atoms with E-state index in [0.29, 0.717) is 16.3 Å². The summed E-state index contributed by atoms with van der Waals surface area (Å²) in [7, 11) is -3.40. The molecule has 1 aromatic heterocycles. The van der Waals surface area contributed by atoms with Crippen LogP contribution in [0.1, 0.15) is 11.3 Å². The predicted molar refractivity (Wildman–Crippen MR) is 73.0 cm³/mol. The number of rotatable bonds is 5. The molecule has 0 saturated heterocycles. The van der Waals surface area contributed by atoms with Crippen molar-refractivity contribution in [3.8, 4) is 0 Å². The van der Waals surface area contributed by atoms with Crippen molar-refractivity contribution in [2.75, 3.05) is 0 Å². The number of hydrogen-bond acceptors (Lipinski definition) is 4. The van der Waals surface area contributed by atoms with Gasteiger partial charge < -0.3 is 0 Å². The summed E-state index contributed by atoms with van der Waals surface area (Å²) in [5, 5.41) is 2.26. The molecule has 96 valence electrons. The molecule has 1 heterocycles. The first-order chi connectivity index (χ1) is 8.57. The molecule has 0 fully saturated rings. The van der Waals surface area contributed by atoms with E-state index in [1.54, 1.807) is 35.2 Å². The molecule has 2 rings (SSSR count). The number of thiazole rings is 1. The molecule has 1 N–H and O–H groups in total. The van der Waals surface area contributed by atoms with Gasteiger partial charge in [0.15, 0.2) is 0 Å². The van der Waals surface area contributed by atoms with Crippen LogP contribution in [0.15, 0.2) is 35.2 Å². The van der Waals surface area contributed by atoms with Gasteiger partial charge in [-0.25, -0.2) is 18.1 Å². The third-order valence-corrected chi connectivity index (χ3v) is 4.54. The summed E-state index contributed by atoms with van der Waals surface area (Å²) in [4.78, 5) is 4.01. The van der Waals surface area contributed by atoms with Gasteiger partial charge in [0, 0.05) is 10.4 Å². The third kappa shape index (κ3) is 3.78. The number of hydrogen-bond donors (Lipinski definition) is 1. The summed E-state index contributed by atoms with van der Waals surface area (Å²) in [6.07, 6.45) is 0. The van der Waals surface area contributed by atoms with Crippen molar-refractivity contribution in [3.05, 3.63) is 51.4 Å². The molecule has 7 heteroatoms. The van der Waals surface area contributed by atoms with Gasteiger partial charge in [0.2, 0.25) is 10.0 Å². The number of benzene rings is 1. The van der Waals surface area contributed by atoms with Crippen molar-refractivity contribution >= 4 is 33.0 Å². The second-order valence-corrected chi connectivity index (χ2v) is 6.58. The van der Waals surface area contributed by atoms with Crippen molar-refractivity contribution in [3.63, 3.8) is 0 Å². The number of halogens is 1. The van der Waals surface area contributed by atoms with Crippen molar-refractivity contribution in [1.82, 2.24) is 9.71 Å². The number of nitrogens with zero attached hydrogens (tertiary/aromatic N) is 1. The number of aromatic nitrogens is 1. The highest BCUT2D eigenvalue weighted by Gasteiger charge is 2.13. The van der Waals surface area contributed by atoms with Crippen LogP contribution < -0.4 is 4.72 Å². The van der Waals surface area contributed by atoms with E-state index in [-0.39, 0.29) is 12.3 Å². The van der Waals surface area contributed by atoms with E-state index < -0.39 is 10.0 Å². The van der Waals surface area contributed by atoms with Gasteiger partial charge in [0.1, 0.15) is 0 Å². The van der Waals surface area contributed by atoms with Crippen LogP contribution in [0.4, 0.5) is 0 Å². The van der Waals surface area contributed by atoms with Gasteiger partial charge in [-0.15, -0.1) is 11.3 Å². The lowest BCUT2D eigenvalue weighted by atomic mass is 10.2. The SMILES string of the molecule is O=S(=O)(Cc1ccccc1Cl)NCc1cscn1. The maximum absolute atomic E-state index is 11.9. The molecule has 18 heavy (non-hydrogen) atoms. The average molecular weight is 303 g/mol. The van der Waals surface area contributed by atoms with Gasteiger partial charge in [-0.3, -0.25) is 0 Å². The van der Waals surface area contributed by atoms with E-state index in [1.165, 1.54) is 11.3 Å². The Kier molecular flexibility index (Phi) is 4.34. The standard InChI is InChI=1S/C11H11ClN2O2S2/c12-11-4-2-1-3-9(11)7-18(15,16)14-5-10-6-17-8-13-10/h1-4,6,8,14H,5,7H2. The van der Waals surface area contributed by atoms with Crippen LogP contribution in [-0.4, -0.2) is 13.4 Å². The minimum Gasteiger partial charge on any atom is -0.248 e. The Hall–Kier alpha value is -0.950. The van der Waals surface area contributed by atoms with E-state index in [1.807, 2.05) is 0 Å². The van der Waals surface area contributed by atoms with Gasteiger partial charge >= 0.3 is 0 Å². The lowest BCUT2D eigenvalue weighted by Gasteiger charge is -2.06. The van der Waals surface area contributed by atoms with E-state index in [4.69, 9.17) is 11.6 Å². The van der Waals surface area contributed by atoms with E-state index >= 15 is 0 Å². The second kappa shape index (κ2) is 5.79. The molecular weight excluding hydrogens is 292 g/mol. The molecule has 4 nitrogen and oxygen atoms in total. The summed E-state index contributed by atoms with van der Waals surface area (Å²) < 4.78 is 26.2. The topological polar surface area (TPSA) is 59.1 Å².